The van der Waals surface area contributed by atoms with Crippen LogP contribution in [0.25, 0.3) is 0 Å². The zero-order chi connectivity index (χ0) is 12.1. The van der Waals surface area contributed by atoms with Crippen molar-refractivity contribution in [3.63, 3.8) is 0 Å². The summed E-state index contributed by atoms with van der Waals surface area (Å²) in [5.41, 5.74) is 2.38. The van der Waals surface area contributed by atoms with Crippen LogP contribution >= 0.6 is 0 Å². The van der Waals surface area contributed by atoms with Gasteiger partial charge in [-0.25, -0.2) is 0 Å². The number of aliphatic carboxylic acids is 1. The van der Waals surface area contributed by atoms with Gasteiger partial charge in [0.25, 0.3) is 0 Å². The van der Waals surface area contributed by atoms with E-state index >= 15 is 0 Å². The maximum atomic E-state index is 10.6. The average Bonchev–Trinajstić information content (AvgIpc) is 2.26. The summed E-state index contributed by atoms with van der Waals surface area (Å²) in [6.07, 6.45) is 0.561. The minimum Gasteiger partial charge on any atom is -0.481 e. The predicted octanol–water partition coefficient (Wildman–Crippen LogP) is 1.24. The molecule has 0 aromatic heterocycles. The molecule has 1 aromatic rings. The summed E-state index contributed by atoms with van der Waals surface area (Å²) in [6, 6.07) is 5.25. The third-order valence-corrected chi connectivity index (χ3v) is 2.42. The molecule has 0 amide bonds. The third kappa shape index (κ3) is 2.59. The van der Waals surface area contributed by atoms with Crippen LogP contribution in [0.15, 0.2) is 12.1 Å². The number of carboxylic acid groups (broad SMARTS) is 1. The lowest BCUT2D eigenvalue weighted by Gasteiger charge is -2.09. The molecular weight excluding hydrogens is 206 g/mol. The van der Waals surface area contributed by atoms with Crippen molar-refractivity contribution < 1.29 is 15.0 Å². The molecule has 0 aliphatic carbocycles. The first-order valence-corrected chi connectivity index (χ1v) is 4.99. The van der Waals surface area contributed by atoms with E-state index in [4.69, 9.17) is 15.5 Å². The molecule has 84 valence electrons. The van der Waals surface area contributed by atoms with Gasteiger partial charge in [0.1, 0.15) is 0 Å². The highest BCUT2D eigenvalue weighted by molar-refractivity contribution is 5.70. The number of benzene rings is 1. The van der Waals surface area contributed by atoms with Gasteiger partial charge in [-0.3, -0.25) is 4.79 Å². The van der Waals surface area contributed by atoms with Crippen molar-refractivity contribution >= 4 is 5.97 Å². The quantitative estimate of drug-likeness (QED) is 0.798. The first kappa shape index (κ1) is 12.2. The van der Waals surface area contributed by atoms with Crippen molar-refractivity contribution in [2.24, 2.45) is 0 Å². The summed E-state index contributed by atoms with van der Waals surface area (Å²) in [7, 11) is 0. The van der Waals surface area contributed by atoms with Crippen LogP contribution in [0.4, 0.5) is 0 Å². The Morgan fingerprint density at radius 2 is 2.19 bits per heavy atom. The Balaban J connectivity index is 3.27. The minimum absolute atomic E-state index is 0.104. The smallest absolute Gasteiger partial charge is 0.307 e. The number of nitrogens with zero attached hydrogens (tertiary/aromatic N) is 1. The first-order chi connectivity index (χ1) is 7.62. The second-order valence-corrected chi connectivity index (χ2v) is 3.48. The maximum Gasteiger partial charge on any atom is 0.307 e. The van der Waals surface area contributed by atoms with E-state index in [0.717, 1.165) is 5.56 Å². The van der Waals surface area contributed by atoms with Crippen molar-refractivity contribution in [1.29, 1.82) is 5.26 Å². The summed E-state index contributed by atoms with van der Waals surface area (Å²) in [5.74, 6) is -0.928. The number of carboxylic acids is 1. The van der Waals surface area contributed by atoms with Gasteiger partial charge in [0, 0.05) is 0 Å². The fourth-order valence-corrected chi connectivity index (χ4v) is 1.68. The molecule has 1 rings (SSSR count). The molecule has 0 fully saturated rings. The molecule has 16 heavy (non-hydrogen) atoms. The van der Waals surface area contributed by atoms with E-state index in [1.807, 2.05) is 13.0 Å². The van der Waals surface area contributed by atoms with Crippen molar-refractivity contribution in [2.45, 2.75) is 26.4 Å². The monoisotopic (exact) mass is 219 g/mol. The van der Waals surface area contributed by atoms with Gasteiger partial charge >= 0.3 is 5.97 Å². The highest BCUT2D eigenvalue weighted by Gasteiger charge is 2.10. The van der Waals surface area contributed by atoms with E-state index in [-0.39, 0.29) is 13.0 Å². The van der Waals surface area contributed by atoms with Crippen molar-refractivity contribution in [2.75, 3.05) is 0 Å². The molecular formula is C12H13NO3. The number of hydrogen-bond donors (Lipinski definition) is 2. The van der Waals surface area contributed by atoms with Crippen LogP contribution in [-0.2, 0) is 24.2 Å². The SMILES string of the molecule is CCc1cc(CC(=O)O)cc(C#N)c1CO. The van der Waals surface area contributed by atoms with Gasteiger partial charge in [0.15, 0.2) is 0 Å². The zero-order valence-electron chi connectivity index (χ0n) is 9.03. The number of hydrogen-bond acceptors (Lipinski definition) is 3. The van der Waals surface area contributed by atoms with Crippen LogP contribution in [0, 0.1) is 11.3 Å². The largest absolute Gasteiger partial charge is 0.481 e. The van der Waals surface area contributed by atoms with E-state index < -0.39 is 5.97 Å². The molecule has 2 N–H and O–H groups in total. The van der Waals surface area contributed by atoms with Crippen molar-refractivity contribution in [3.8, 4) is 6.07 Å². The standard InChI is InChI=1S/C12H13NO3/c1-2-9-3-8(5-12(15)16)4-10(6-13)11(9)7-14/h3-4,14H,2,5,7H2,1H3,(H,15,16). The minimum atomic E-state index is -0.928. The number of aryl methyl sites for hydroxylation is 1. The number of carbonyl (C=O) groups is 1. The number of nitriles is 1. The first-order valence-electron chi connectivity index (χ1n) is 4.99. The molecule has 0 heterocycles. The lowest BCUT2D eigenvalue weighted by atomic mass is 9.96. The topological polar surface area (TPSA) is 81.3 Å². The molecule has 0 atom stereocenters. The highest BCUT2D eigenvalue weighted by Crippen LogP contribution is 2.18. The Labute approximate surface area is 93.8 Å². The molecule has 0 aliphatic heterocycles. The molecule has 0 bridgehead atoms. The van der Waals surface area contributed by atoms with Gasteiger partial charge in [-0.2, -0.15) is 5.26 Å². The number of aliphatic hydroxyl groups excluding tert-OH is 1. The molecule has 4 heteroatoms. The average molecular weight is 219 g/mol. The van der Waals surface area contributed by atoms with E-state index in [1.54, 1.807) is 6.07 Å². The maximum absolute atomic E-state index is 10.6. The number of aliphatic hydroxyl groups is 1. The van der Waals surface area contributed by atoms with Gasteiger partial charge in [-0.05, 0) is 29.2 Å². The third-order valence-electron chi connectivity index (χ3n) is 2.42. The van der Waals surface area contributed by atoms with Crippen molar-refractivity contribution in [3.05, 3.63) is 34.4 Å². The Hall–Kier alpha value is -1.86. The molecule has 1 aromatic carbocycles. The second-order valence-electron chi connectivity index (χ2n) is 3.48. The van der Waals surface area contributed by atoms with Crippen LogP contribution in [0.1, 0.15) is 29.2 Å². The normalized spacial score (nSPS) is 9.81. The Kier molecular flexibility index (Phi) is 4.03. The fourth-order valence-electron chi connectivity index (χ4n) is 1.68. The molecule has 0 saturated heterocycles. The van der Waals surface area contributed by atoms with Gasteiger partial charge < -0.3 is 10.2 Å². The fraction of sp³-hybridized carbons (Fsp3) is 0.333. The Bertz CT molecular complexity index is 446. The Morgan fingerprint density at radius 1 is 1.50 bits per heavy atom. The van der Waals surface area contributed by atoms with Crippen molar-refractivity contribution in [1.82, 2.24) is 0 Å². The van der Waals surface area contributed by atoms with Crippen LogP contribution in [0.5, 0.6) is 0 Å². The molecule has 0 spiro atoms. The lowest BCUT2D eigenvalue weighted by Crippen LogP contribution is -2.04. The molecule has 0 unspecified atom stereocenters. The van der Waals surface area contributed by atoms with E-state index in [2.05, 4.69) is 0 Å². The van der Waals surface area contributed by atoms with E-state index in [0.29, 0.717) is 23.1 Å². The molecule has 0 aliphatic rings. The Morgan fingerprint density at radius 3 is 2.62 bits per heavy atom. The molecule has 0 radical (unpaired) electrons. The van der Waals surface area contributed by atoms with E-state index in [1.165, 1.54) is 6.07 Å². The summed E-state index contributed by atoms with van der Waals surface area (Å²) in [4.78, 5) is 10.6. The highest BCUT2D eigenvalue weighted by atomic mass is 16.4. The van der Waals surface area contributed by atoms with E-state index in [9.17, 15) is 4.79 Å². The molecule has 0 saturated carbocycles. The van der Waals surface area contributed by atoms with Gasteiger partial charge in [-0.15, -0.1) is 0 Å². The second kappa shape index (κ2) is 5.29. The van der Waals surface area contributed by atoms with Crippen LogP contribution in [0.2, 0.25) is 0 Å². The van der Waals surface area contributed by atoms with Gasteiger partial charge in [0.2, 0.25) is 0 Å². The van der Waals surface area contributed by atoms with Crippen LogP contribution in [0.3, 0.4) is 0 Å². The number of rotatable bonds is 4. The lowest BCUT2D eigenvalue weighted by molar-refractivity contribution is -0.136. The zero-order valence-corrected chi connectivity index (χ0v) is 9.03. The van der Waals surface area contributed by atoms with Gasteiger partial charge in [0.05, 0.1) is 24.7 Å². The summed E-state index contributed by atoms with van der Waals surface area (Å²) in [5, 5.41) is 26.8. The van der Waals surface area contributed by atoms with Crippen LogP contribution < -0.4 is 0 Å². The van der Waals surface area contributed by atoms with Gasteiger partial charge in [-0.1, -0.05) is 13.0 Å². The van der Waals surface area contributed by atoms with Crippen LogP contribution in [-0.4, -0.2) is 16.2 Å². The predicted molar refractivity (Wildman–Crippen MR) is 57.8 cm³/mol. The summed E-state index contributed by atoms with van der Waals surface area (Å²) < 4.78 is 0. The summed E-state index contributed by atoms with van der Waals surface area (Å²) in [6.45, 7) is 1.71. The molecule has 4 nitrogen and oxygen atoms in total. The summed E-state index contributed by atoms with van der Waals surface area (Å²) >= 11 is 0.